The van der Waals surface area contributed by atoms with Crippen LogP contribution in [-0.2, 0) is 12.8 Å². The van der Waals surface area contributed by atoms with Crippen molar-refractivity contribution in [3.63, 3.8) is 0 Å². The second-order valence-electron chi connectivity index (χ2n) is 7.05. The van der Waals surface area contributed by atoms with E-state index in [1.54, 1.807) is 0 Å². The van der Waals surface area contributed by atoms with E-state index in [2.05, 4.69) is 21.0 Å². The highest BCUT2D eigenvalue weighted by Gasteiger charge is 2.18. The van der Waals surface area contributed by atoms with Crippen molar-refractivity contribution in [3.8, 4) is 11.9 Å². The minimum absolute atomic E-state index is 0.133. The highest BCUT2D eigenvalue weighted by Crippen LogP contribution is 2.37. The van der Waals surface area contributed by atoms with E-state index in [0.29, 0.717) is 10.6 Å². The number of H-pyrrole nitrogens is 2. The molecule has 148 valence electrons. The molecule has 2 heterocycles. The summed E-state index contributed by atoms with van der Waals surface area (Å²) < 4.78 is 0. The molecule has 1 aliphatic carbocycles. The molecular formula is C20H24N4O3S. The first kappa shape index (κ1) is 20.1. The average molecular weight is 401 g/mol. The molecule has 0 fully saturated rings. The Hall–Kier alpha value is -2.66. The van der Waals surface area contributed by atoms with Crippen LogP contribution >= 0.6 is 11.3 Å². The molecule has 2 aromatic heterocycles. The van der Waals surface area contributed by atoms with Crippen molar-refractivity contribution >= 4 is 22.6 Å². The van der Waals surface area contributed by atoms with Crippen molar-refractivity contribution in [2.45, 2.75) is 64.2 Å². The molecule has 0 aliphatic heterocycles. The van der Waals surface area contributed by atoms with Gasteiger partial charge in [0.1, 0.15) is 16.6 Å². The van der Waals surface area contributed by atoms with Crippen molar-refractivity contribution in [2.75, 3.05) is 0 Å². The molecule has 28 heavy (non-hydrogen) atoms. The van der Waals surface area contributed by atoms with E-state index in [9.17, 15) is 20.0 Å². The molecule has 0 bridgehead atoms. The molecule has 7 nitrogen and oxygen atoms in total. The molecule has 0 radical (unpaired) electrons. The Kier molecular flexibility index (Phi) is 6.82. The highest BCUT2D eigenvalue weighted by molar-refractivity contribution is 7.16. The predicted molar refractivity (Wildman–Crippen MR) is 110 cm³/mol. The number of fused-ring (bicyclic) bond motifs is 1. The normalized spacial score (nSPS) is 16.1. The number of nitriles is 1. The maximum absolute atomic E-state index is 11.9. The van der Waals surface area contributed by atoms with Gasteiger partial charge in [0, 0.05) is 11.1 Å². The van der Waals surface area contributed by atoms with E-state index >= 15 is 0 Å². The molecule has 8 heteroatoms. The number of nitrogens with zero attached hydrogens (tertiary/aromatic N) is 2. The lowest BCUT2D eigenvalue weighted by atomic mass is 9.98. The van der Waals surface area contributed by atoms with Crippen LogP contribution in [0.2, 0.25) is 0 Å². The van der Waals surface area contributed by atoms with Crippen LogP contribution in [-0.4, -0.2) is 21.3 Å². The van der Waals surface area contributed by atoms with Crippen molar-refractivity contribution in [3.05, 3.63) is 42.4 Å². The number of nitrogens with one attached hydrogen (secondary N) is 2. The molecule has 3 N–H and O–H groups in total. The number of aliphatic imine (C=N–C) groups is 1. The zero-order chi connectivity index (χ0) is 19.9. The predicted octanol–water partition coefficient (Wildman–Crippen LogP) is 3.67. The maximum atomic E-state index is 11.9. The number of aromatic nitrogens is 2. The molecule has 0 atom stereocenters. The first-order chi connectivity index (χ1) is 13.6. The summed E-state index contributed by atoms with van der Waals surface area (Å²) in [5.74, 6) is -0.536. The van der Waals surface area contributed by atoms with Crippen LogP contribution in [0.15, 0.2) is 14.6 Å². The van der Waals surface area contributed by atoms with E-state index in [4.69, 9.17) is 0 Å². The second-order valence-corrected chi connectivity index (χ2v) is 8.14. The van der Waals surface area contributed by atoms with Gasteiger partial charge in [-0.1, -0.05) is 38.5 Å². The second kappa shape index (κ2) is 9.51. The van der Waals surface area contributed by atoms with Gasteiger partial charge in [-0.2, -0.15) is 5.26 Å². The van der Waals surface area contributed by atoms with Gasteiger partial charge in [0.25, 0.3) is 5.56 Å². The zero-order valence-corrected chi connectivity index (χ0v) is 16.5. The fraction of sp³-hybridized carbons (Fsp3) is 0.500. The van der Waals surface area contributed by atoms with E-state index < -0.39 is 17.1 Å². The van der Waals surface area contributed by atoms with E-state index in [1.807, 2.05) is 0 Å². The number of hydrogen-bond acceptors (Lipinski definition) is 6. The van der Waals surface area contributed by atoms with Crippen LogP contribution in [0.1, 0.15) is 72.9 Å². The van der Waals surface area contributed by atoms with Gasteiger partial charge in [-0.15, -0.1) is 11.3 Å². The minimum Gasteiger partial charge on any atom is -0.494 e. The van der Waals surface area contributed by atoms with Gasteiger partial charge in [-0.25, -0.2) is 9.79 Å². The van der Waals surface area contributed by atoms with Gasteiger partial charge in [0.05, 0.1) is 5.56 Å². The molecule has 0 saturated carbocycles. The Morgan fingerprint density at radius 3 is 2.29 bits per heavy atom. The summed E-state index contributed by atoms with van der Waals surface area (Å²) in [6, 6.07) is 2.28. The van der Waals surface area contributed by atoms with Crippen LogP contribution in [0.4, 0.5) is 5.00 Å². The highest BCUT2D eigenvalue weighted by atomic mass is 32.1. The number of aromatic amines is 2. The number of hydrogen-bond donors (Lipinski definition) is 3. The van der Waals surface area contributed by atoms with Crippen LogP contribution in [0.5, 0.6) is 5.88 Å². The Morgan fingerprint density at radius 1 is 1.00 bits per heavy atom. The third-order valence-corrected chi connectivity index (χ3v) is 6.23. The fourth-order valence-electron chi connectivity index (χ4n) is 3.55. The monoisotopic (exact) mass is 400 g/mol. The molecule has 0 saturated heterocycles. The summed E-state index contributed by atoms with van der Waals surface area (Å²) in [7, 11) is 0. The summed E-state index contributed by atoms with van der Waals surface area (Å²) in [6.45, 7) is 0. The summed E-state index contributed by atoms with van der Waals surface area (Å²) in [4.78, 5) is 32.8. The Bertz CT molecular complexity index is 1010. The molecule has 0 spiro atoms. The lowest BCUT2D eigenvalue weighted by Crippen LogP contribution is -2.24. The SMILES string of the molecule is N#Cc1c(/N=C/c2c(O)[nH]c(=O)[nH]c2=O)sc2c1CCCCCCCCCC2. The molecule has 2 aromatic rings. The first-order valence-electron chi connectivity index (χ1n) is 9.74. The van der Waals surface area contributed by atoms with Crippen LogP contribution in [0.25, 0.3) is 0 Å². The Balaban J connectivity index is 1.93. The topological polar surface area (TPSA) is 122 Å². The Labute approximate surface area is 166 Å². The van der Waals surface area contributed by atoms with Gasteiger partial charge < -0.3 is 5.11 Å². The number of aromatic hydroxyl groups is 1. The molecule has 0 amide bonds. The minimum atomic E-state index is -0.782. The molecule has 3 rings (SSSR count). The van der Waals surface area contributed by atoms with Crippen LogP contribution in [0.3, 0.4) is 0 Å². The van der Waals surface area contributed by atoms with Gasteiger partial charge in [0.15, 0.2) is 0 Å². The van der Waals surface area contributed by atoms with Gasteiger partial charge in [-0.05, 0) is 31.2 Å². The van der Waals surface area contributed by atoms with Crippen LogP contribution in [0, 0.1) is 11.3 Å². The van der Waals surface area contributed by atoms with Gasteiger partial charge >= 0.3 is 5.69 Å². The largest absolute Gasteiger partial charge is 0.494 e. The van der Waals surface area contributed by atoms with Crippen molar-refractivity contribution in [1.29, 1.82) is 5.26 Å². The van der Waals surface area contributed by atoms with Crippen LogP contribution < -0.4 is 11.2 Å². The third-order valence-electron chi connectivity index (χ3n) is 5.03. The smallest absolute Gasteiger partial charge is 0.328 e. The molecule has 0 unspecified atom stereocenters. The quantitative estimate of drug-likeness (QED) is 0.666. The first-order valence-corrected chi connectivity index (χ1v) is 10.6. The lowest BCUT2D eigenvalue weighted by molar-refractivity contribution is 0.447. The van der Waals surface area contributed by atoms with Crippen molar-refractivity contribution in [1.82, 2.24) is 9.97 Å². The number of rotatable bonds is 2. The van der Waals surface area contributed by atoms with Gasteiger partial charge in [0.2, 0.25) is 5.88 Å². The summed E-state index contributed by atoms with van der Waals surface area (Å²) in [6.07, 6.45) is 12.6. The standard InChI is InChI=1S/C20H24N4O3S/c21-11-14-13-9-7-5-3-1-2-4-6-8-10-16(13)28-19(14)22-12-15-17(25)23-20(27)24-18(15)26/h12H,1-10H2,(H3,23,24,25,26,27)/b22-12+. The maximum Gasteiger partial charge on any atom is 0.328 e. The Morgan fingerprint density at radius 2 is 1.64 bits per heavy atom. The van der Waals surface area contributed by atoms with E-state index in [0.717, 1.165) is 31.2 Å². The molecule has 0 aromatic carbocycles. The average Bonchev–Trinajstić information content (AvgIpc) is 2.97. The summed E-state index contributed by atoms with van der Waals surface area (Å²) >= 11 is 1.49. The van der Waals surface area contributed by atoms with Crippen molar-refractivity contribution in [2.24, 2.45) is 4.99 Å². The molecule has 1 aliphatic rings. The summed E-state index contributed by atoms with van der Waals surface area (Å²) in [5, 5.41) is 20.1. The summed E-state index contributed by atoms with van der Waals surface area (Å²) in [5.41, 5.74) is 0.00804. The third kappa shape index (κ3) is 4.78. The zero-order valence-electron chi connectivity index (χ0n) is 15.7. The molecular weight excluding hydrogens is 376 g/mol. The number of thiophene rings is 1. The fourth-order valence-corrected chi connectivity index (χ4v) is 4.73. The lowest BCUT2D eigenvalue weighted by Gasteiger charge is -2.07. The van der Waals surface area contributed by atoms with Gasteiger partial charge in [-0.3, -0.25) is 14.8 Å². The van der Waals surface area contributed by atoms with E-state index in [1.165, 1.54) is 61.0 Å². The van der Waals surface area contributed by atoms with E-state index in [-0.39, 0.29) is 5.56 Å². The van der Waals surface area contributed by atoms with Crippen molar-refractivity contribution < 1.29 is 5.11 Å². The number of aryl methyl sites for hydroxylation is 1.